The van der Waals surface area contributed by atoms with Crippen molar-refractivity contribution in [1.29, 1.82) is 0 Å². The number of aryl methyl sites for hydroxylation is 2. The van der Waals surface area contributed by atoms with Crippen LogP contribution in [0.15, 0.2) is 48.7 Å². The van der Waals surface area contributed by atoms with Crippen LogP contribution in [0.2, 0.25) is 0 Å². The number of hydrogen-bond donors (Lipinski definition) is 1. The number of amides is 1. The van der Waals surface area contributed by atoms with Gasteiger partial charge in [0.05, 0.1) is 17.7 Å². The van der Waals surface area contributed by atoms with Gasteiger partial charge in [0.15, 0.2) is 0 Å². The van der Waals surface area contributed by atoms with Gasteiger partial charge in [0.2, 0.25) is 5.91 Å². The standard InChI is InChI=1S/C26H27F3N4O/c1-33-11-10-20-12-17(6-7-21(20)16-33)13-25-31-15-22(26(27,28)29)23(32-25)9-8-18-4-2-3-5-19(18)14-24(30)34/h2-7,12,15H,8-11,13-14,16H2,1H3,(H2,30,34). The Bertz CT molecular complexity index is 1190. The van der Waals surface area contributed by atoms with E-state index in [2.05, 4.69) is 34.0 Å². The molecule has 3 aromatic rings. The largest absolute Gasteiger partial charge is 0.419 e. The minimum atomic E-state index is -4.54. The molecular formula is C26H27F3N4O. The molecule has 0 spiro atoms. The van der Waals surface area contributed by atoms with Gasteiger partial charge in [-0.05, 0) is 54.1 Å². The molecule has 178 valence electrons. The highest BCUT2D eigenvalue weighted by Crippen LogP contribution is 2.32. The molecule has 1 aromatic heterocycles. The summed E-state index contributed by atoms with van der Waals surface area (Å²) in [7, 11) is 2.08. The summed E-state index contributed by atoms with van der Waals surface area (Å²) in [6, 6.07) is 13.3. The number of carbonyl (C=O) groups is 1. The number of benzene rings is 2. The van der Waals surface area contributed by atoms with Crippen molar-refractivity contribution in [1.82, 2.24) is 14.9 Å². The van der Waals surface area contributed by atoms with Gasteiger partial charge in [-0.3, -0.25) is 4.79 Å². The molecule has 1 aliphatic heterocycles. The number of fused-ring (bicyclic) bond motifs is 1. The number of carbonyl (C=O) groups excluding carboxylic acids is 1. The van der Waals surface area contributed by atoms with E-state index in [9.17, 15) is 18.0 Å². The van der Waals surface area contributed by atoms with E-state index in [-0.39, 0.29) is 18.5 Å². The highest BCUT2D eigenvalue weighted by atomic mass is 19.4. The van der Waals surface area contributed by atoms with Crippen molar-refractivity contribution >= 4 is 5.91 Å². The summed E-state index contributed by atoms with van der Waals surface area (Å²) in [5.74, 6) is -0.120. The molecule has 2 heterocycles. The van der Waals surface area contributed by atoms with Crippen LogP contribution in [0.25, 0.3) is 0 Å². The van der Waals surface area contributed by atoms with E-state index in [0.717, 1.165) is 42.4 Å². The zero-order valence-electron chi connectivity index (χ0n) is 19.0. The predicted octanol–water partition coefficient (Wildman–Crippen LogP) is 3.89. The van der Waals surface area contributed by atoms with E-state index in [1.54, 1.807) is 24.3 Å². The van der Waals surface area contributed by atoms with Gasteiger partial charge >= 0.3 is 6.18 Å². The zero-order chi connectivity index (χ0) is 24.3. The molecule has 0 aliphatic carbocycles. The lowest BCUT2D eigenvalue weighted by atomic mass is 9.96. The van der Waals surface area contributed by atoms with Crippen LogP contribution in [-0.4, -0.2) is 34.4 Å². The Labute approximate surface area is 196 Å². The fraction of sp³-hybridized carbons (Fsp3) is 0.346. The van der Waals surface area contributed by atoms with Crippen molar-refractivity contribution in [2.75, 3.05) is 13.6 Å². The molecule has 34 heavy (non-hydrogen) atoms. The van der Waals surface area contributed by atoms with Gasteiger partial charge in [0.1, 0.15) is 5.82 Å². The van der Waals surface area contributed by atoms with E-state index < -0.39 is 17.6 Å². The van der Waals surface area contributed by atoms with Crippen molar-refractivity contribution in [2.24, 2.45) is 5.73 Å². The molecular weight excluding hydrogens is 441 g/mol. The maximum atomic E-state index is 13.7. The summed E-state index contributed by atoms with van der Waals surface area (Å²) in [6.45, 7) is 1.88. The van der Waals surface area contributed by atoms with Gasteiger partial charge in [-0.1, -0.05) is 42.5 Å². The molecule has 4 rings (SSSR count). The van der Waals surface area contributed by atoms with Crippen LogP contribution in [0.5, 0.6) is 0 Å². The number of hydrogen-bond acceptors (Lipinski definition) is 4. The molecule has 0 fully saturated rings. The lowest BCUT2D eigenvalue weighted by Crippen LogP contribution is -2.26. The SMILES string of the molecule is CN1CCc2cc(Cc3ncc(C(F)(F)F)c(CCc4ccccc4CC(N)=O)n3)ccc2C1. The van der Waals surface area contributed by atoms with Crippen molar-refractivity contribution in [2.45, 2.75) is 44.8 Å². The predicted molar refractivity (Wildman–Crippen MR) is 123 cm³/mol. The van der Waals surface area contributed by atoms with Crippen molar-refractivity contribution < 1.29 is 18.0 Å². The first-order chi connectivity index (χ1) is 16.2. The molecule has 1 aliphatic rings. The minimum absolute atomic E-state index is 0.0361. The highest BCUT2D eigenvalue weighted by molar-refractivity contribution is 5.77. The Morgan fingerprint density at radius 2 is 1.85 bits per heavy atom. The molecule has 0 saturated heterocycles. The molecule has 2 aromatic carbocycles. The fourth-order valence-electron chi connectivity index (χ4n) is 4.43. The van der Waals surface area contributed by atoms with E-state index in [4.69, 9.17) is 5.73 Å². The maximum absolute atomic E-state index is 13.7. The molecule has 5 nitrogen and oxygen atoms in total. The number of aromatic nitrogens is 2. The van der Waals surface area contributed by atoms with Crippen molar-refractivity contribution in [3.05, 3.63) is 93.6 Å². The molecule has 8 heteroatoms. The maximum Gasteiger partial charge on any atom is 0.419 e. The Morgan fingerprint density at radius 1 is 1.09 bits per heavy atom. The smallest absolute Gasteiger partial charge is 0.369 e. The number of primary amides is 1. The third-order valence-electron chi connectivity index (χ3n) is 6.17. The number of nitrogens with zero attached hydrogens (tertiary/aromatic N) is 3. The van der Waals surface area contributed by atoms with Crippen molar-refractivity contribution in [3.63, 3.8) is 0 Å². The lowest BCUT2D eigenvalue weighted by molar-refractivity contribution is -0.138. The number of rotatable bonds is 7. The van der Waals surface area contributed by atoms with Gasteiger partial charge in [-0.25, -0.2) is 9.97 Å². The fourth-order valence-corrected chi connectivity index (χ4v) is 4.43. The summed E-state index contributed by atoms with van der Waals surface area (Å²) in [5.41, 5.74) is 9.50. The zero-order valence-corrected chi connectivity index (χ0v) is 19.0. The molecule has 0 atom stereocenters. The first kappa shape index (κ1) is 23.9. The quantitative estimate of drug-likeness (QED) is 0.571. The third kappa shape index (κ3) is 5.80. The lowest BCUT2D eigenvalue weighted by Gasteiger charge is -2.25. The highest BCUT2D eigenvalue weighted by Gasteiger charge is 2.34. The summed E-state index contributed by atoms with van der Waals surface area (Å²) in [5, 5.41) is 0. The number of alkyl halides is 3. The number of halogens is 3. The van der Waals surface area contributed by atoms with Crippen LogP contribution in [-0.2, 0) is 49.6 Å². The monoisotopic (exact) mass is 468 g/mol. The summed E-state index contributed by atoms with van der Waals surface area (Å²) >= 11 is 0. The van der Waals surface area contributed by atoms with E-state index in [1.807, 2.05) is 6.07 Å². The van der Waals surface area contributed by atoms with E-state index in [0.29, 0.717) is 18.7 Å². The molecule has 0 radical (unpaired) electrons. The molecule has 0 bridgehead atoms. The first-order valence-electron chi connectivity index (χ1n) is 11.3. The van der Waals surface area contributed by atoms with Crippen LogP contribution >= 0.6 is 0 Å². The second-order valence-corrected chi connectivity index (χ2v) is 8.82. The van der Waals surface area contributed by atoms with E-state index in [1.165, 1.54) is 11.1 Å². The second kappa shape index (κ2) is 9.93. The van der Waals surface area contributed by atoms with Crippen molar-refractivity contribution in [3.8, 4) is 0 Å². The molecule has 2 N–H and O–H groups in total. The Balaban J connectivity index is 1.57. The summed E-state index contributed by atoms with van der Waals surface area (Å²) < 4.78 is 41.0. The van der Waals surface area contributed by atoms with Gasteiger partial charge in [0, 0.05) is 25.7 Å². The second-order valence-electron chi connectivity index (χ2n) is 8.82. The first-order valence-corrected chi connectivity index (χ1v) is 11.3. The molecule has 0 saturated carbocycles. The van der Waals surface area contributed by atoms with E-state index >= 15 is 0 Å². The molecule has 0 unspecified atom stereocenters. The summed E-state index contributed by atoms with van der Waals surface area (Å²) in [6.07, 6.45) is -1.90. The van der Waals surface area contributed by atoms with Crippen LogP contribution in [0.4, 0.5) is 13.2 Å². The number of likely N-dealkylation sites (N-methyl/N-ethyl adjacent to an activating group) is 1. The average Bonchev–Trinajstić information content (AvgIpc) is 2.77. The van der Waals surface area contributed by atoms with Crippen LogP contribution in [0, 0.1) is 0 Å². The van der Waals surface area contributed by atoms with Gasteiger partial charge < -0.3 is 10.6 Å². The Morgan fingerprint density at radius 3 is 2.59 bits per heavy atom. The van der Waals surface area contributed by atoms with Gasteiger partial charge in [-0.2, -0.15) is 13.2 Å². The normalized spacial score (nSPS) is 14.1. The Kier molecular flexibility index (Phi) is 6.97. The third-order valence-corrected chi connectivity index (χ3v) is 6.17. The minimum Gasteiger partial charge on any atom is -0.369 e. The van der Waals surface area contributed by atoms with Crippen LogP contribution < -0.4 is 5.73 Å². The average molecular weight is 469 g/mol. The van der Waals surface area contributed by atoms with Crippen LogP contribution in [0.1, 0.15) is 44.9 Å². The summed E-state index contributed by atoms with van der Waals surface area (Å²) in [4.78, 5) is 22.0. The van der Waals surface area contributed by atoms with Gasteiger partial charge in [0.25, 0.3) is 0 Å². The topological polar surface area (TPSA) is 72.1 Å². The Hall–Kier alpha value is -3.26. The molecule has 1 amide bonds. The van der Waals surface area contributed by atoms with Gasteiger partial charge in [-0.15, -0.1) is 0 Å². The number of nitrogens with two attached hydrogens (primary N) is 1. The van der Waals surface area contributed by atoms with Crippen LogP contribution in [0.3, 0.4) is 0 Å².